The van der Waals surface area contributed by atoms with Gasteiger partial charge in [0.2, 0.25) is 0 Å². The standard InChI is InChI=1S/C11H23N/c1-6-8(2)10-7-11(4,5)9(3)12-10/h8-10,12H,6-7H2,1-5H3. The summed E-state index contributed by atoms with van der Waals surface area (Å²) >= 11 is 0. The van der Waals surface area contributed by atoms with E-state index in [1.165, 1.54) is 12.8 Å². The zero-order valence-electron chi connectivity index (χ0n) is 9.15. The molecule has 3 atom stereocenters. The normalized spacial score (nSPS) is 36.8. The summed E-state index contributed by atoms with van der Waals surface area (Å²) in [5, 5.41) is 3.69. The van der Waals surface area contributed by atoms with E-state index in [4.69, 9.17) is 0 Å². The van der Waals surface area contributed by atoms with Crippen LogP contribution in [0.15, 0.2) is 0 Å². The van der Waals surface area contributed by atoms with Gasteiger partial charge < -0.3 is 5.32 Å². The van der Waals surface area contributed by atoms with Crippen LogP contribution in [0.25, 0.3) is 0 Å². The second-order valence-corrected chi connectivity index (χ2v) is 5.07. The maximum Gasteiger partial charge on any atom is 0.0101 e. The Hall–Kier alpha value is -0.0400. The third-order valence-electron chi connectivity index (χ3n) is 3.71. The molecule has 0 aromatic rings. The highest BCUT2D eigenvalue weighted by Crippen LogP contribution is 2.36. The fraction of sp³-hybridized carbons (Fsp3) is 1.00. The summed E-state index contributed by atoms with van der Waals surface area (Å²) in [4.78, 5) is 0. The fourth-order valence-electron chi connectivity index (χ4n) is 2.00. The Labute approximate surface area is 76.9 Å². The number of hydrogen-bond acceptors (Lipinski definition) is 1. The summed E-state index contributed by atoms with van der Waals surface area (Å²) in [5.41, 5.74) is 0.494. The molecular weight excluding hydrogens is 146 g/mol. The van der Waals surface area contributed by atoms with Gasteiger partial charge >= 0.3 is 0 Å². The average molecular weight is 169 g/mol. The van der Waals surface area contributed by atoms with Crippen molar-refractivity contribution in [1.29, 1.82) is 0 Å². The summed E-state index contributed by atoms with van der Waals surface area (Å²) in [5.74, 6) is 0.828. The van der Waals surface area contributed by atoms with Gasteiger partial charge in [-0.25, -0.2) is 0 Å². The molecule has 0 amide bonds. The van der Waals surface area contributed by atoms with Crippen molar-refractivity contribution in [1.82, 2.24) is 5.32 Å². The molecule has 72 valence electrons. The Morgan fingerprint density at radius 1 is 1.50 bits per heavy atom. The van der Waals surface area contributed by atoms with Gasteiger partial charge in [-0.15, -0.1) is 0 Å². The van der Waals surface area contributed by atoms with E-state index in [0.29, 0.717) is 11.5 Å². The number of hydrogen-bond donors (Lipinski definition) is 1. The Kier molecular flexibility index (Phi) is 2.82. The Morgan fingerprint density at radius 2 is 2.08 bits per heavy atom. The van der Waals surface area contributed by atoms with Crippen LogP contribution in [0.1, 0.15) is 47.5 Å². The third kappa shape index (κ3) is 1.82. The van der Waals surface area contributed by atoms with E-state index in [-0.39, 0.29) is 0 Å². The lowest BCUT2D eigenvalue weighted by molar-refractivity contribution is 0.325. The lowest BCUT2D eigenvalue weighted by Crippen LogP contribution is -2.34. The molecule has 1 N–H and O–H groups in total. The monoisotopic (exact) mass is 169 g/mol. The lowest BCUT2D eigenvalue weighted by atomic mass is 9.82. The molecule has 1 rings (SSSR count). The molecule has 1 heteroatoms. The summed E-state index contributed by atoms with van der Waals surface area (Å²) < 4.78 is 0. The molecule has 0 spiro atoms. The molecule has 1 fully saturated rings. The highest BCUT2D eigenvalue weighted by atomic mass is 15.0. The molecule has 0 aromatic carbocycles. The third-order valence-corrected chi connectivity index (χ3v) is 3.71. The van der Waals surface area contributed by atoms with Gasteiger partial charge in [-0.3, -0.25) is 0 Å². The molecule has 3 unspecified atom stereocenters. The van der Waals surface area contributed by atoms with Crippen LogP contribution in [0.3, 0.4) is 0 Å². The van der Waals surface area contributed by atoms with Gasteiger partial charge in [0.05, 0.1) is 0 Å². The van der Waals surface area contributed by atoms with Gasteiger partial charge in [-0.1, -0.05) is 34.1 Å². The van der Waals surface area contributed by atoms with Crippen molar-refractivity contribution in [3.63, 3.8) is 0 Å². The molecule has 0 aliphatic carbocycles. The van der Waals surface area contributed by atoms with Crippen LogP contribution in [0, 0.1) is 11.3 Å². The smallest absolute Gasteiger partial charge is 0.0101 e. The van der Waals surface area contributed by atoms with Gasteiger partial charge in [0.15, 0.2) is 0 Å². The summed E-state index contributed by atoms with van der Waals surface area (Å²) in [6.45, 7) is 11.7. The van der Waals surface area contributed by atoms with E-state index in [9.17, 15) is 0 Å². The largest absolute Gasteiger partial charge is 0.311 e. The van der Waals surface area contributed by atoms with Crippen LogP contribution >= 0.6 is 0 Å². The Balaban J connectivity index is 2.54. The van der Waals surface area contributed by atoms with E-state index in [1.807, 2.05) is 0 Å². The van der Waals surface area contributed by atoms with E-state index < -0.39 is 0 Å². The second-order valence-electron chi connectivity index (χ2n) is 5.07. The van der Waals surface area contributed by atoms with Gasteiger partial charge in [0.1, 0.15) is 0 Å². The molecule has 1 nitrogen and oxygen atoms in total. The molecular formula is C11H23N. The maximum atomic E-state index is 3.69. The molecule has 1 aliphatic heterocycles. The minimum absolute atomic E-state index is 0.494. The lowest BCUT2D eigenvalue weighted by Gasteiger charge is -2.22. The van der Waals surface area contributed by atoms with Crippen molar-refractivity contribution in [2.24, 2.45) is 11.3 Å². The molecule has 1 aliphatic rings. The fourth-order valence-corrected chi connectivity index (χ4v) is 2.00. The molecule has 0 aromatic heterocycles. The van der Waals surface area contributed by atoms with Crippen molar-refractivity contribution >= 4 is 0 Å². The molecule has 12 heavy (non-hydrogen) atoms. The van der Waals surface area contributed by atoms with E-state index in [0.717, 1.165) is 12.0 Å². The van der Waals surface area contributed by atoms with Crippen LogP contribution in [0.5, 0.6) is 0 Å². The first-order valence-corrected chi connectivity index (χ1v) is 5.23. The predicted molar refractivity (Wildman–Crippen MR) is 54.2 cm³/mol. The molecule has 0 bridgehead atoms. The first-order chi connectivity index (χ1) is 5.47. The summed E-state index contributed by atoms with van der Waals surface area (Å²) in [6.07, 6.45) is 2.63. The maximum absolute atomic E-state index is 3.69. The first-order valence-electron chi connectivity index (χ1n) is 5.23. The molecule has 1 heterocycles. The number of rotatable bonds is 2. The van der Waals surface area contributed by atoms with Crippen LogP contribution in [0.2, 0.25) is 0 Å². The summed E-state index contributed by atoms with van der Waals surface area (Å²) in [6, 6.07) is 1.43. The van der Waals surface area contributed by atoms with Crippen LogP contribution in [-0.2, 0) is 0 Å². The molecule has 1 saturated heterocycles. The van der Waals surface area contributed by atoms with Gasteiger partial charge in [-0.2, -0.15) is 0 Å². The molecule has 0 radical (unpaired) electrons. The Morgan fingerprint density at radius 3 is 2.42 bits per heavy atom. The van der Waals surface area contributed by atoms with Crippen molar-refractivity contribution < 1.29 is 0 Å². The quantitative estimate of drug-likeness (QED) is 0.670. The minimum atomic E-state index is 0.494. The van der Waals surface area contributed by atoms with E-state index in [1.54, 1.807) is 0 Å². The second kappa shape index (κ2) is 3.37. The topological polar surface area (TPSA) is 12.0 Å². The van der Waals surface area contributed by atoms with Crippen LogP contribution < -0.4 is 5.32 Å². The highest BCUT2D eigenvalue weighted by Gasteiger charge is 2.38. The van der Waals surface area contributed by atoms with Crippen molar-refractivity contribution in [2.45, 2.75) is 59.5 Å². The zero-order valence-corrected chi connectivity index (χ0v) is 9.15. The van der Waals surface area contributed by atoms with Crippen molar-refractivity contribution in [3.8, 4) is 0 Å². The molecule has 0 saturated carbocycles. The average Bonchev–Trinajstić information content (AvgIpc) is 2.25. The van der Waals surface area contributed by atoms with Gasteiger partial charge in [0, 0.05) is 12.1 Å². The van der Waals surface area contributed by atoms with Gasteiger partial charge in [-0.05, 0) is 24.7 Å². The van der Waals surface area contributed by atoms with E-state index in [2.05, 4.69) is 39.9 Å². The van der Waals surface area contributed by atoms with Gasteiger partial charge in [0.25, 0.3) is 0 Å². The minimum Gasteiger partial charge on any atom is -0.311 e. The number of nitrogens with one attached hydrogen (secondary N) is 1. The first kappa shape index (κ1) is 10.0. The highest BCUT2D eigenvalue weighted by molar-refractivity contribution is 4.95. The van der Waals surface area contributed by atoms with E-state index >= 15 is 0 Å². The Bertz CT molecular complexity index is 151. The predicted octanol–water partition coefficient (Wildman–Crippen LogP) is 2.81. The van der Waals surface area contributed by atoms with Crippen LogP contribution in [0.4, 0.5) is 0 Å². The van der Waals surface area contributed by atoms with Crippen LogP contribution in [-0.4, -0.2) is 12.1 Å². The van der Waals surface area contributed by atoms with Crippen molar-refractivity contribution in [2.75, 3.05) is 0 Å². The SMILES string of the molecule is CCC(C)C1CC(C)(C)C(C)N1. The van der Waals surface area contributed by atoms with Crippen molar-refractivity contribution in [3.05, 3.63) is 0 Å². The zero-order chi connectivity index (χ0) is 9.35. The summed E-state index contributed by atoms with van der Waals surface area (Å²) in [7, 11) is 0.